The molecule has 0 amide bonds. The van der Waals surface area contributed by atoms with E-state index in [4.69, 9.17) is 9.22 Å². The Hall–Kier alpha value is 0.0938. The first-order valence-corrected chi connectivity index (χ1v) is 15.9. The minimum Gasteiger partial charge on any atom is -0.456 e. The average molecular weight is 347 g/mol. The lowest BCUT2D eigenvalue weighted by molar-refractivity contribution is 0.282. The molecule has 0 rings (SSSR count). The SMILES string of the molecule is C=CCCCCCCCCCCO.C[Si](C)(C)O[Si](C)(C)C. The highest BCUT2D eigenvalue weighted by Gasteiger charge is 2.24. The molecule has 0 aliphatic rings. The molecule has 0 spiro atoms. The predicted molar refractivity (Wildman–Crippen MR) is 107 cm³/mol. The third kappa shape index (κ3) is 28.3. The molecule has 0 saturated heterocycles. The van der Waals surface area contributed by atoms with Crippen molar-refractivity contribution >= 4 is 16.6 Å². The van der Waals surface area contributed by atoms with Gasteiger partial charge < -0.3 is 9.22 Å². The van der Waals surface area contributed by atoms with Gasteiger partial charge in [-0.15, -0.1) is 6.58 Å². The smallest absolute Gasteiger partial charge is 0.170 e. The van der Waals surface area contributed by atoms with Crippen molar-refractivity contribution in [1.82, 2.24) is 0 Å². The van der Waals surface area contributed by atoms with Crippen molar-refractivity contribution < 1.29 is 9.22 Å². The molecule has 1 N–H and O–H groups in total. The molecular weight excluding hydrogens is 304 g/mol. The fourth-order valence-electron chi connectivity index (χ4n) is 2.38. The van der Waals surface area contributed by atoms with Gasteiger partial charge in [0.05, 0.1) is 0 Å². The Morgan fingerprint density at radius 2 is 1.09 bits per heavy atom. The summed E-state index contributed by atoms with van der Waals surface area (Å²) >= 11 is 0. The number of hydrogen-bond donors (Lipinski definition) is 1. The van der Waals surface area contributed by atoms with Crippen LogP contribution in [0.15, 0.2) is 12.7 Å². The van der Waals surface area contributed by atoms with Gasteiger partial charge in [-0.3, -0.25) is 0 Å². The van der Waals surface area contributed by atoms with Crippen molar-refractivity contribution in [2.75, 3.05) is 6.61 Å². The van der Waals surface area contributed by atoms with Gasteiger partial charge >= 0.3 is 0 Å². The van der Waals surface area contributed by atoms with Crippen molar-refractivity contribution in [3.63, 3.8) is 0 Å². The second-order valence-corrected chi connectivity index (χ2v) is 17.2. The predicted octanol–water partition coefficient (Wildman–Crippen LogP) is 6.35. The van der Waals surface area contributed by atoms with Crippen LogP contribution in [0.1, 0.15) is 57.8 Å². The van der Waals surface area contributed by atoms with E-state index >= 15 is 0 Å². The zero-order valence-corrected chi connectivity index (χ0v) is 18.2. The molecule has 0 aliphatic heterocycles. The molecule has 0 radical (unpaired) electrons. The van der Waals surface area contributed by atoms with Gasteiger partial charge in [0.25, 0.3) is 0 Å². The highest BCUT2D eigenvalue weighted by Crippen LogP contribution is 2.12. The van der Waals surface area contributed by atoms with Crippen molar-refractivity contribution in [2.45, 2.75) is 97.1 Å². The molecule has 0 unspecified atom stereocenters. The normalized spacial score (nSPS) is 11.8. The number of unbranched alkanes of at least 4 members (excludes halogenated alkanes) is 8. The lowest BCUT2D eigenvalue weighted by Gasteiger charge is -2.27. The molecule has 22 heavy (non-hydrogen) atoms. The van der Waals surface area contributed by atoms with Crippen molar-refractivity contribution in [2.24, 2.45) is 0 Å². The Labute approximate surface area is 142 Å². The molecule has 134 valence electrons. The first-order chi connectivity index (χ1) is 10.1. The van der Waals surface area contributed by atoms with Crippen LogP contribution in [-0.2, 0) is 4.12 Å². The number of allylic oxidation sites excluding steroid dienone is 1. The van der Waals surface area contributed by atoms with Gasteiger partial charge in [0.1, 0.15) is 0 Å². The number of aliphatic hydroxyl groups excluding tert-OH is 1. The summed E-state index contributed by atoms with van der Waals surface area (Å²) in [4.78, 5) is 0. The van der Waals surface area contributed by atoms with Crippen LogP contribution in [-0.4, -0.2) is 28.3 Å². The maximum absolute atomic E-state index is 8.56. The summed E-state index contributed by atoms with van der Waals surface area (Å²) in [5, 5.41) is 8.56. The molecule has 0 aromatic carbocycles. The van der Waals surface area contributed by atoms with E-state index in [1.807, 2.05) is 6.08 Å². The van der Waals surface area contributed by atoms with Gasteiger partial charge in [-0.2, -0.15) is 0 Å². The molecule has 0 bridgehead atoms. The largest absolute Gasteiger partial charge is 0.456 e. The van der Waals surface area contributed by atoms with Crippen molar-refractivity contribution in [1.29, 1.82) is 0 Å². The van der Waals surface area contributed by atoms with Crippen LogP contribution < -0.4 is 0 Å². The maximum Gasteiger partial charge on any atom is 0.170 e. The third-order valence-corrected chi connectivity index (χ3v) is 7.83. The number of hydrogen-bond acceptors (Lipinski definition) is 2. The summed E-state index contributed by atoms with van der Waals surface area (Å²) in [7, 11) is -2.46. The van der Waals surface area contributed by atoms with Gasteiger partial charge in [-0.1, -0.05) is 44.6 Å². The van der Waals surface area contributed by atoms with Crippen LogP contribution in [0.25, 0.3) is 0 Å². The van der Waals surface area contributed by atoms with E-state index in [1.165, 1.54) is 51.4 Å². The second kappa shape index (κ2) is 14.7. The molecule has 2 nitrogen and oxygen atoms in total. The minimum absolute atomic E-state index is 0.360. The summed E-state index contributed by atoms with van der Waals surface area (Å²) in [6.07, 6.45) is 13.4. The summed E-state index contributed by atoms with van der Waals surface area (Å²) < 4.78 is 5.90. The molecule has 0 aromatic heterocycles. The Morgan fingerprint density at radius 3 is 1.36 bits per heavy atom. The van der Waals surface area contributed by atoms with E-state index in [2.05, 4.69) is 45.9 Å². The Kier molecular flexibility index (Phi) is 16.2. The minimum atomic E-state index is -1.23. The van der Waals surface area contributed by atoms with Crippen LogP contribution in [0.5, 0.6) is 0 Å². The zero-order valence-electron chi connectivity index (χ0n) is 16.2. The van der Waals surface area contributed by atoms with E-state index < -0.39 is 16.6 Å². The van der Waals surface area contributed by atoms with Crippen LogP contribution in [0.3, 0.4) is 0 Å². The van der Waals surface area contributed by atoms with E-state index in [0.29, 0.717) is 6.61 Å². The lowest BCUT2D eigenvalue weighted by atomic mass is 10.1. The van der Waals surface area contributed by atoms with Crippen molar-refractivity contribution in [3.8, 4) is 0 Å². The first kappa shape index (κ1) is 24.3. The molecule has 0 aliphatic carbocycles. The summed E-state index contributed by atoms with van der Waals surface area (Å²) in [5.74, 6) is 0. The standard InChI is InChI=1S/C12H24O.C6H18OSi2/c1-2-3-4-5-6-7-8-9-10-11-12-13;1-8(2,3)7-9(4,5)6/h2,13H,1,3-12H2;1-6H3. The molecule has 0 saturated carbocycles. The van der Waals surface area contributed by atoms with Gasteiger partial charge in [-0.05, 0) is 58.5 Å². The Bertz CT molecular complexity index is 230. The highest BCUT2D eigenvalue weighted by molar-refractivity contribution is 6.83. The third-order valence-electron chi connectivity index (χ3n) is 2.93. The molecule has 4 heteroatoms. The summed E-state index contributed by atoms with van der Waals surface area (Å²) in [5.41, 5.74) is 0. The van der Waals surface area contributed by atoms with Crippen LogP contribution in [0, 0.1) is 0 Å². The van der Waals surface area contributed by atoms with E-state index in [1.54, 1.807) is 0 Å². The molecule has 0 aromatic rings. The van der Waals surface area contributed by atoms with E-state index in [9.17, 15) is 0 Å². The summed E-state index contributed by atoms with van der Waals surface area (Å²) in [6, 6.07) is 0. The molecule has 0 fully saturated rings. The van der Waals surface area contributed by atoms with Gasteiger partial charge in [-0.25, -0.2) is 0 Å². The second-order valence-electron chi connectivity index (χ2n) is 7.96. The fraction of sp³-hybridized carbons (Fsp3) is 0.889. The molecular formula is C18H42O2Si2. The first-order valence-electron chi connectivity index (χ1n) is 9.04. The lowest BCUT2D eigenvalue weighted by Crippen LogP contribution is -2.39. The van der Waals surface area contributed by atoms with Gasteiger partial charge in [0, 0.05) is 6.61 Å². The maximum atomic E-state index is 8.56. The van der Waals surface area contributed by atoms with Crippen molar-refractivity contribution in [3.05, 3.63) is 12.7 Å². The number of rotatable bonds is 12. The zero-order chi connectivity index (χ0) is 17.5. The monoisotopic (exact) mass is 346 g/mol. The molecule has 0 heterocycles. The van der Waals surface area contributed by atoms with Crippen LogP contribution >= 0.6 is 0 Å². The topological polar surface area (TPSA) is 29.5 Å². The Balaban J connectivity index is 0. The van der Waals surface area contributed by atoms with Crippen LogP contribution in [0.2, 0.25) is 39.3 Å². The quantitative estimate of drug-likeness (QED) is 0.253. The molecule has 0 atom stereocenters. The highest BCUT2D eigenvalue weighted by atomic mass is 28.4. The fourth-order valence-corrected chi connectivity index (χ4v) is 9.73. The summed E-state index contributed by atoms with van der Waals surface area (Å²) in [6.45, 7) is 17.5. The average Bonchev–Trinajstić information content (AvgIpc) is 2.33. The van der Waals surface area contributed by atoms with Gasteiger partial charge in [0.2, 0.25) is 0 Å². The van der Waals surface area contributed by atoms with Gasteiger partial charge in [0.15, 0.2) is 16.6 Å². The van der Waals surface area contributed by atoms with E-state index in [-0.39, 0.29) is 0 Å². The Morgan fingerprint density at radius 1 is 0.727 bits per heavy atom. The van der Waals surface area contributed by atoms with Crippen LogP contribution in [0.4, 0.5) is 0 Å². The van der Waals surface area contributed by atoms with E-state index in [0.717, 1.165) is 6.42 Å². The number of aliphatic hydroxyl groups is 1.